The Morgan fingerprint density at radius 1 is 1.27 bits per heavy atom. The summed E-state index contributed by atoms with van der Waals surface area (Å²) in [6.07, 6.45) is 6.31. The second kappa shape index (κ2) is 12.9. The minimum atomic E-state index is 0. The van der Waals surface area contributed by atoms with Crippen molar-refractivity contribution < 1.29 is 0 Å². The minimum absolute atomic E-state index is 0. The van der Waals surface area contributed by atoms with Gasteiger partial charge in [-0.3, -0.25) is 4.90 Å². The van der Waals surface area contributed by atoms with Gasteiger partial charge in [0.2, 0.25) is 0 Å². The van der Waals surface area contributed by atoms with Crippen molar-refractivity contribution in [3.05, 3.63) is 54.1 Å². The summed E-state index contributed by atoms with van der Waals surface area (Å²) in [6.45, 7) is 12.2. The first-order valence-corrected chi connectivity index (χ1v) is 10.9. The molecular formula is C23H37IN6. The van der Waals surface area contributed by atoms with Crippen LogP contribution in [0, 0.1) is 5.92 Å². The van der Waals surface area contributed by atoms with E-state index in [9.17, 15) is 0 Å². The average Bonchev–Trinajstić information content (AvgIpc) is 3.14. The van der Waals surface area contributed by atoms with Gasteiger partial charge in [0, 0.05) is 44.6 Å². The Hall–Kier alpha value is -1.61. The Labute approximate surface area is 198 Å². The van der Waals surface area contributed by atoms with E-state index in [2.05, 4.69) is 76.2 Å². The van der Waals surface area contributed by atoms with E-state index in [-0.39, 0.29) is 24.0 Å². The van der Waals surface area contributed by atoms with Crippen LogP contribution < -0.4 is 10.6 Å². The molecule has 0 radical (unpaired) electrons. The van der Waals surface area contributed by atoms with E-state index in [1.165, 1.54) is 18.4 Å². The number of aliphatic imine (C=N–C) groups is 1. The smallest absolute Gasteiger partial charge is 0.191 e. The maximum absolute atomic E-state index is 4.82. The maximum atomic E-state index is 4.82. The first-order valence-electron chi connectivity index (χ1n) is 10.9. The van der Waals surface area contributed by atoms with Crippen molar-refractivity contribution >= 4 is 29.9 Å². The number of rotatable bonds is 8. The van der Waals surface area contributed by atoms with Gasteiger partial charge in [0.05, 0.1) is 0 Å². The molecule has 2 aromatic rings. The van der Waals surface area contributed by atoms with Crippen LogP contribution in [0.3, 0.4) is 0 Å². The summed E-state index contributed by atoms with van der Waals surface area (Å²) in [4.78, 5) is 11.9. The third-order valence-corrected chi connectivity index (χ3v) is 5.18. The molecule has 0 aliphatic carbocycles. The predicted octanol–water partition coefficient (Wildman–Crippen LogP) is 3.88. The lowest BCUT2D eigenvalue weighted by Gasteiger charge is -2.34. The Morgan fingerprint density at radius 2 is 2.07 bits per heavy atom. The highest BCUT2D eigenvalue weighted by Gasteiger charge is 2.20. The number of nitrogens with zero attached hydrogens (tertiary/aromatic N) is 4. The van der Waals surface area contributed by atoms with Crippen molar-refractivity contribution in [2.45, 2.75) is 59.3 Å². The zero-order valence-electron chi connectivity index (χ0n) is 18.6. The molecule has 1 aromatic heterocycles. The van der Waals surface area contributed by atoms with Crippen LogP contribution in [0.5, 0.6) is 0 Å². The van der Waals surface area contributed by atoms with Crippen LogP contribution in [-0.2, 0) is 19.6 Å². The monoisotopic (exact) mass is 524 g/mol. The number of hydrogen-bond acceptors (Lipinski definition) is 3. The highest BCUT2D eigenvalue weighted by Crippen LogP contribution is 2.14. The zero-order chi connectivity index (χ0) is 20.5. The molecule has 166 valence electrons. The van der Waals surface area contributed by atoms with Crippen LogP contribution in [0.15, 0.2) is 47.7 Å². The molecule has 2 N–H and O–H groups in total. The summed E-state index contributed by atoms with van der Waals surface area (Å²) in [7, 11) is 0. The minimum Gasteiger partial charge on any atom is -0.357 e. The number of hydrogen-bond donors (Lipinski definition) is 2. The van der Waals surface area contributed by atoms with Crippen molar-refractivity contribution in [3.8, 4) is 0 Å². The standard InChI is InChI=1S/C23H36N6.HI/c1-4-24-23(26-15-22-25-12-14-29(22)16-19(2)3)27-21-11-8-13-28(18-21)17-20-9-6-5-7-10-20;/h5-7,9-10,12,14,19,21H,4,8,11,13,15-18H2,1-3H3,(H2,24,26,27);1H. The molecular weight excluding hydrogens is 487 g/mol. The second-order valence-electron chi connectivity index (χ2n) is 8.29. The fourth-order valence-electron chi connectivity index (χ4n) is 3.87. The van der Waals surface area contributed by atoms with Crippen molar-refractivity contribution in [3.63, 3.8) is 0 Å². The Balaban J connectivity index is 0.00000320. The zero-order valence-corrected chi connectivity index (χ0v) is 20.9. The van der Waals surface area contributed by atoms with Gasteiger partial charge in [-0.25, -0.2) is 9.98 Å². The van der Waals surface area contributed by atoms with Crippen LogP contribution in [0.1, 0.15) is 45.0 Å². The molecule has 0 amide bonds. The summed E-state index contributed by atoms with van der Waals surface area (Å²) >= 11 is 0. The molecule has 1 aliphatic rings. The Kier molecular flexibility index (Phi) is 10.6. The lowest BCUT2D eigenvalue weighted by Crippen LogP contribution is -2.51. The van der Waals surface area contributed by atoms with Crippen molar-refractivity contribution in [1.82, 2.24) is 25.1 Å². The quantitative estimate of drug-likeness (QED) is 0.313. The second-order valence-corrected chi connectivity index (χ2v) is 8.29. The van der Waals surface area contributed by atoms with E-state index >= 15 is 0 Å². The molecule has 6 nitrogen and oxygen atoms in total. The molecule has 0 saturated carbocycles. The molecule has 3 rings (SSSR count). The van der Waals surface area contributed by atoms with E-state index in [1.54, 1.807) is 0 Å². The van der Waals surface area contributed by atoms with Gasteiger partial charge < -0.3 is 15.2 Å². The van der Waals surface area contributed by atoms with E-state index in [4.69, 9.17) is 4.99 Å². The third kappa shape index (κ3) is 7.91. The largest absolute Gasteiger partial charge is 0.357 e. The first-order chi connectivity index (χ1) is 14.1. The number of piperidine rings is 1. The number of halogens is 1. The van der Waals surface area contributed by atoms with Gasteiger partial charge in [-0.05, 0) is 37.8 Å². The van der Waals surface area contributed by atoms with Gasteiger partial charge in [-0.15, -0.1) is 24.0 Å². The van der Waals surface area contributed by atoms with Crippen molar-refractivity contribution in [2.75, 3.05) is 19.6 Å². The van der Waals surface area contributed by atoms with Gasteiger partial charge in [-0.1, -0.05) is 44.2 Å². The highest BCUT2D eigenvalue weighted by molar-refractivity contribution is 14.0. The molecule has 7 heteroatoms. The molecule has 0 bridgehead atoms. The molecule has 1 fully saturated rings. The number of guanidine groups is 1. The highest BCUT2D eigenvalue weighted by atomic mass is 127. The van der Waals surface area contributed by atoms with Crippen LogP contribution in [-0.4, -0.2) is 46.1 Å². The topological polar surface area (TPSA) is 57.5 Å². The molecule has 30 heavy (non-hydrogen) atoms. The molecule has 1 aromatic carbocycles. The van der Waals surface area contributed by atoms with Gasteiger partial charge >= 0.3 is 0 Å². The van der Waals surface area contributed by atoms with Gasteiger partial charge in [0.1, 0.15) is 12.4 Å². The molecule has 1 unspecified atom stereocenters. The molecule has 0 spiro atoms. The van der Waals surface area contributed by atoms with Gasteiger partial charge in [0.15, 0.2) is 5.96 Å². The summed E-state index contributed by atoms with van der Waals surface area (Å²) in [5.74, 6) is 2.50. The molecule has 1 saturated heterocycles. The SMILES string of the molecule is CCNC(=NCc1nccn1CC(C)C)NC1CCCN(Cc2ccccc2)C1.I. The van der Waals surface area contributed by atoms with E-state index in [1.807, 2.05) is 12.4 Å². The number of imidazole rings is 1. The van der Waals surface area contributed by atoms with Crippen LogP contribution in [0.25, 0.3) is 0 Å². The first kappa shape index (κ1) is 24.7. The van der Waals surface area contributed by atoms with Gasteiger partial charge in [-0.2, -0.15) is 0 Å². The number of nitrogens with one attached hydrogen (secondary N) is 2. The van der Waals surface area contributed by atoms with Crippen LogP contribution in [0.2, 0.25) is 0 Å². The normalized spacial score (nSPS) is 17.6. The van der Waals surface area contributed by atoms with Crippen molar-refractivity contribution in [2.24, 2.45) is 10.9 Å². The maximum Gasteiger partial charge on any atom is 0.191 e. The predicted molar refractivity (Wildman–Crippen MR) is 135 cm³/mol. The molecule has 1 atom stereocenters. The Bertz CT molecular complexity index is 758. The van der Waals surface area contributed by atoms with E-state index < -0.39 is 0 Å². The molecule has 1 aliphatic heterocycles. The van der Waals surface area contributed by atoms with Crippen LogP contribution in [0.4, 0.5) is 0 Å². The van der Waals surface area contributed by atoms with E-state index in [0.717, 1.165) is 44.5 Å². The van der Waals surface area contributed by atoms with Crippen LogP contribution >= 0.6 is 24.0 Å². The summed E-state index contributed by atoms with van der Waals surface area (Å²) in [5.41, 5.74) is 1.38. The number of likely N-dealkylation sites (tertiary alicyclic amines) is 1. The van der Waals surface area contributed by atoms with Crippen molar-refractivity contribution in [1.29, 1.82) is 0 Å². The fourth-order valence-corrected chi connectivity index (χ4v) is 3.87. The fraction of sp³-hybridized carbons (Fsp3) is 0.565. The lowest BCUT2D eigenvalue weighted by molar-refractivity contribution is 0.192. The number of benzene rings is 1. The average molecular weight is 524 g/mol. The Morgan fingerprint density at radius 3 is 2.80 bits per heavy atom. The summed E-state index contributed by atoms with van der Waals surface area (Å²) < 4.78 is 2.21. The summed E-state index contributed by atoms with van der Waals surface area (Å²) in [5, 5.41) is 7.06. The number of aromatic nitrogens is 2. The van der Waals surface area contributed by atoms with Gasteiger partial charge in [0.25, 0.3) is 0 Å². The third-order valence-electron chi connectivity index (χ3n) is 5.18. The lowest BCUT2D eigenvalue weighted by atomic mass is 10.0. The van der Waals surface area contributed by atoms with E-state index in [0.29, 0.717) is 18.5 Å². The molecule has 2 heterocycles. The summed E-state index contributed by atoms with van der Waals surface area (Å²) in [6, 6.07) is 11.2.